The fraction of sp³-hybridized carbons (Fsp3) is 0.500. The molecule has 1 amide bonds. The Morgan fingerprint density at radius 3 is 2.78 bits per heavy atom. The van der Waals surface area contributed by atoms with Crippen molar-refractivity contribution in [1.29, 1.82) is 0 Å². The molecule has 1 aromatic carbocycles. The number of halogens is 2. The van der Waals surface area contributed by atoms with Crippen LogP contribution in [0.1, 0.15) is 31.5 Å². The number of rotatable bonds is 6. The topological polar surface area (TPSA) is 78.0 Å². The van der Waals surface area contributed by atoms with Gasteiger partial charge < -0.3 is 15.4 Å². The number of nitrogens with zero attached hydrogens (tertiary/aromatic N) is 1. The van der Waals surface area contributed by atoms with Gasteiger partial charge in [0.1, 0.15) is 11.4 Å². The van der Waals surface area contributed by atoms with Gasteiger partial charge in [-0.1, -0.05) is 12.1 Å². The van der Waals surface area contributed by atoms with Crippen LogP contribution in [-0.2, 0) is 11.2 Å². The van der Waals surface area contributed by atoms with Crippen LogP contribution >= 0.6 is 0 Å². The highest BCUT2D eigenvalue weighted by atomic mass is 19.3. The van der Waals surface area contributed by atoms with Gasteiger partial charge >= 0.3 is 5.92 Å². The summed E-state index contributed by atoms with van der Waals surface area (Å²) in [6, 6.07) is 7.59. The number of fused-ring (bicyclic) bond motifs is 1. The van der Waals surface area contributed by atoms with Crippen LogP contribution in [0.2, 0.25) is 0 Å². The molecule has 0 aliphatic heterocycles. The van der Waals surface area contributed by atoms with Gasteiger partial charge in [-0.3, -0.25) is 4.79 Å². The number of aliphatic hydroxyl groups is 1. The number of carbonyl (C=O) groups excluding carboxylic acids is 1. The summed E-state index contributed by atoms with van der Waals surface area (Å²) in [5, 5.41) is 11.9. The summed E-state index contributed by atoms with van der Waals surface area (Å²) in [6.45, 7) is 0.113. The summed E-state index contributed by atoms with van der Waals surface area (Å²) in [6.07, 6.45) is 1.48. The van der Waals surface area contributed by atoms with Crippen molar-refractivity contribution in [1.82, 2.24) is 15.3 Å². The molecule has 3 rings (SSSR count). The molecular weight excluding hydrogens is 304 g/mol. The summed E-state index contributed by atoms with van der Waals surface area (Å²) in [5.41, 5.74) is -0.397. The molecule has 23 heavy (non-hydrogen) atoms. The molecule has 0 atom stereocenters. The first kappa shape index (κ1) is 15.9. The first-order chi connectivity index (χ1) is 10.9. The van der Waals surface area contributed by atoms with Crippen LogP contribution in [0.5, 0.6) is 0 Å². The van der Waals surface area contributed by atoms with Crippen molar-refractivity contribution >= 4 is 16.9 Å². The van der Waals surface area contributed by atoms with Crippen LogP contribution < -0.4 is 5.32 Å². The molecule has 0 bridgehead atoms. The number of hydrogen-bond donors (Lipinski definition) is 3. The van der Waals surface area contributed by atoms with E-state index in [0.717, 1.165) is 16.9 Å². The number of hydrogen-bond acceptors (Lipinski definition) is 3. The van der Waals surface area contributed by atoms with Gasteiger partial charge in [0.2, 0.25) is 0 Å². The first-order valence-electron chi connectivity index (χ1n) is 7.74. The summed E-state index contributed by atoms with van der Waals surface area (Å²) in [4.78, 5) is 19.1. The van der Waals surface area contributed by atoms with E-state index >= 15 is 0 Å². The fourth-order valence-electron chi connectivity index (χ4n) is 2.73. The van der Waals surface area contributed by atoms with E-state index in [4.69, 9.17) is 0 Å². The van der Waals surface area contributed by atoms with E-state index in [0.29, 0.717) is 19.3 Å². The van der Waals surface area contributed by atoms with Crippen LogP contribution in [0, 0.1) is 0 Å². The summed E-state index contributed by atoms with van der Waals surface area (Å²) in [7, 11) is 0. The van der Waals surface area contributed by atoms with E-state index in [1.54, 1.807) is 0 Å². The quantitative estimate of drug-likeness (QED) is 0.713. The lowest BCUT2D eigenvalue weighted by atomic mass is 9.75. The number of para-hydroxylation sites is 2. The molecular formula is C16H19F2N3O2. The van der Waals surface area contributed by atoms with Gasteiger partial charge in [0.15, 0.2) is 0 Å². The molecule has 1 aromatic heterocycles. The Balaban J connectivity index is 1.48. The zero-order valence-corrected chi connectivity index (χ0v) is 12.6. The number of aryl methyl sites for hydroxylation is 1. The standard InChI is InChI=1S/C16H19F2N3O2/c17-16(18,15(23)8-4-9-15)14(22)19-10-3-7-13-20-11-5-1-2-6-12(11)21-13/h1-2,5-6,23H,3-4,7-10H2,(H,19,22)(H,20,21). The van der Waals surface area contributed by atoms with Gasteiger partial charge in [-0.15, -0.1) is 0 Å². The van der Waals surface area contributed by atoms with Crippen LogP contribution in [0.25, 0.3) is 11.0 Å². The smallest absolute Gasteiger partial charge is 0.352 e. The predicted octanol–water partition coefficient (Wildman–Crippen LogP) is 2.16. The van der Waals surface area contributed by atoms with Crippen molar-refractivity contribution in [3.05, 3.63) is 30.1 Å². The number of carbonyl (C=O) groups is 1. The minimum absolute atomic E-state index is 0.0353. The van der Waals surface area contributed by atoms with Gasteiger partial charge in [-0.25, -0.2) is 4.98 Å². The van der Waals surface area contributed by atoms with Crippen molar-refractivity contribution < 1.29 is 18.7 Å². The average molecular weight is 323 g/mol. The number of benzene rings is 1. The van der Waals surface area contributed by atoms with Gasteiger partial charge in [0, 0.05) is 13.0 Å². The zero-order chi connectivity index (χ0) is 16.5. The van der Waals surface area contributed by atoms with Crippen molar-refractivity contribution in [2.75, 3.05) is 6.54 Å². The Bertz CT molecular complexity index is 677. The van der Waals surface area contributed by atoms with Crippen LogP contribution in [0.15, 0.2) is 24.3 Å². The lowest BCUT2D eigenvalue weighted by Gasteiger charge is -2.41. The highest BCUT2D eigenvalue weighted by Gasteiger charge is 2.60. The minimum atomic E-state index is -3.73. The highest BCUT2D eigenvalue weighted by molar-refractivity contribution is 5.85. The monoisotopic (exact) mass is 323 g/mol. The molecule has 1 fully saturated rings. The molecule has 0 unspecified atom stereocenters. The van der Waals surface area contributed by atoms with E-state index in [-0.39, 0.29) is 19.4 Å². The van der Waals surface area contributed by atoms with Gasteiger partial charge in [-0.2, -0.15) is 8.78 Å². The zero-order valence-electron chi connectivity index (χ0n) is 12.6. The SMILES string of the molecule is O=C(NCCCc1nc2ccccc2[nH]1)C(F)(F)C1(O)CCC1. The highest BCUT2D eigenvalue weighted by Crippen LogP contribution is 2.44. The molecule has 0 radical (unpaired) electrons. The summed E-state index contributed by atoms with van der Waals surface area (Å²) in [5.74, 6) is -4.38. The Kier molecular flexibility index (Phi) is 4.06. The number of aromatic amines is 1. The van der Waals surface area contributed by atoms with Gasteiger partial charge in [-0.05, 0) is 37.8 Å². The Labute approximate surface area is 132 Å². The number of amides is 1. The maximum Gasteiger partial charge on any atom is 0.352 e. The van der Waals surface area contributed by atoms with Crippen molar-refractivity contribution in [3.63, 3.8) is 0 Å². The third-order valence-electron chi connectivity index (χ3n) is 4.36. The molecule has 1 saturated carbocycles. The molecule has 1 heterocycles. The third kappa shape index (κ3) is 2.93. The fourth-order valence-corrected chi connectivity index (χ4v) is 2.73. The molecule has 124 valence electrons. The maximum absolute atomic E-state index is 13.9. The number of alkyl halides is 2. The Morgan fingerprint density at radius 1 is 1.39 bits per heavy atom. The summed E-state index contributed by atoms with van der Waals surface area (Å²) < 4.78 is 27.7. The number of nitrogens with one attached hydrogen (secondary N) is 2. The largest absolute Gasteiger partial charge is 0.383 e. The third-order valence-corrected chi connectivity index (χ3v) is 4.36. The van der Waals surface area contributed by atoms with Gasteiger partial charge in [0.25, 0.3) is 5.91 Å². The first-order valence-corrected chi connectivity index (χ1v) is 7.74. The van der Waals surface area contributed by atoms with Crippen LogP contribution in [-0.4, -0.2) is 39.1 Å². The molecule has 7 heteroatoms. The lowest BCUT2D eigenvalue weighted by Crippen LogP contribution is -2.60. The minimum Gasteiger partial charge on any atom is -0.383 e. The Hall–Kier alpha value is -2.02. The molecule has 1 aliphatic carbocycles. The molecule has 3 N–H and O–H groups in total. The lowest BCUT2D eigenvalue weighted by molar-refractivity contribution is -0.215. The Morgan fingerprint density at radius 2 is 2.13 bits per heavy atom. The second kappa shape index (κ2) is 5.88. The normalized spacial score (nSPS) is 17.0. The van der Waals surface area contributed by atoms with Crippen molar-refractivity contribution in [2.24, 2.45) is 0 Å². The van der Waals surface area contributed by atoms with Crippen molar-refractivity contribution in [3.8, 4) is 0 Å². The van der Waals surface area contributed by atoms with Crippen LogP contribution in [0.3, 0.4) is 0 Å². The van der Waals surface area contributed by atoms with Gasteiger partial charge in [0.05, 0.1) is 11.0 Å². The summed E-state index contributed by atoms with van der Waals surface area (Å²) >= 11 is 0. The maximum atomic E-state index is 13.9. The van der Waals surface area contributed by atoms with E-state index < -0.39 is 17.4 Å². The van der Waals surface area contributed by atoms with Crippen molar-refractivity contribution in [2.45, 2.75) is 43.6 Å². The second-order valence-corrected chi connectivity index (χ2v) is 6.02. The molecule has 1 aliphatic rings. The van der Waals surface area contributed by atoms with E-state index in [1.807, 2.05) is 24.3 Å². The predicted molar refractivity (Wildman–Crippen MR) is 81.2 cm³/mol. The molecule has 0 saturated heterocycles. The van der Waals surface area contributed by atoms with E-state index in [9.17, 15) is 18.7 Å². The molecule has 2 aromatic rings. The van der Waals surface area contributed by atoms with E-state index in [1.165, 1.54) is 0 Å². The number of H-pyrrole nitrogens is 1. The number of aromatic nitrogens is 2. The molecule has 0 spiro atoms. The van der Waals surface area contributed by atoms with Crippen LogP contribution in [0.4, 0.5) is 8.78 Å². The van der Waals surface area contributed by atoms with E-state index in [2.05, 4.69) is 15.3 Å². The number of imidazole rings is 1. The average Bonchev–Trinajstić information content (AvgIpc) is 2.91. The molecule has 5 nitrogen and oxygen atoms in total. The second-order valence-electron chi connectivity index (χ2n) is 6.02.